The van der Waals surface area contributed by atoms with Gasteiger partial charge < -0.3 is 9.84 Å². The van der Waals surface area contributed by atoms with E-state index in [4.69, 9.17) is 21.4 Å². The zero-order valence-corrected chi connectivity index (χ0v) is 18.6. The summed E-state index contributed by atoms with van der Waals surface area (Å²) in [5.74, 6) is -0.0709. The van der Waals surface area contributed by atoms with Crippen LogP contribution >= 0.6 is 23.4 Å². The third-order valence-electron chi connectivity index (χ3n) is 4.50. The minimum Gasteiger partial charge on any atom is -0.496 e. The van der Waals surface area contributed by atoms with Gasteiger partial charge >= 0.3 is 5.97 Å². The molecule has 0 bridgehead atoms. The number of carbonyl (C=O) groups is 2. The molecule has 6 nitrogen and oxygen atoms in total. The Kier molecular flexibility index (Phi) is 7.55. The number of allylic oxidation sites excluding steroid dienone is 1. The number of halogens is 1. The van der Waals surface area contributed by atoms with Crippen molar-refractivity contribution in [1.29, 1.82) is 0 Å². The van der Waals surface area contributed by atoms with Crippen molar-refractivity contribution in [3.8, 4) is 11.4 Å². The first-order chi connectivity index (χ1) is 14.9. The lowest BCUT2D eigenvalue weighted by molar-refractivity contribution is -0.133. The number of carboxylic acids is 1. The van der Waals surface area contributed by atoms with Crippen LogP contribution in [0.5, 0.6) is 5.75 Å². The summed E-state index contributed by atoms with van der Waals surface area (Å²) in [6.45, 7) is 1.83. The highest BCUT2D eigenvalue weighted by Crippen LogP contribution is 2.27. The number of aromatic nitrogens is 2. The fraction of sp³-hybridized carbons (Fsp3) is 0.174. The average Bonchev–Trinajstić information content (AvgIpc) is 3.05. The third kappa shape index (κ3) is 5.57. The van der Waals surface area contributed by atoms with Crippen LogP contribution in [-0.2, 0) is 10.5 Å². The second-order valence-electron chi connectivity index (χ2n) is 6.65. The molecule has 0 saturated carbocycles. The van der Waals surface area contributed by atoms with E-state index in [1.165, 1.54) is 24.9 Å². The number of thioether (sulfide) groups is 1. The summed E-state index contributed by atoms with van der Waals surface area (Å²) in [6.07, 6.45) is 3.12. The highest BCUT2D eigenvalue weighted by Gasteiger charge is 2.14. The second-order valence-corrected chi connectivity index (χ2v) is 7.99. The lowest BCUT2D eigenvalue weighted by Gasteiger charge is -2.09. The number of carboxylic acid groups (broad SMARTS) is 1. The number of rotatable bonds is 9. The Morgan fingerprint density at radius 3 is 2.65 bits per heavy atom. The molecule has 3 aromatic rings. The van der Waals surface area contributed by atoms with Gasteiger partial charge in [-0.3, -0.25) is 9.59 Å². The van der Waals surface area contributed by atoms with Gasteiger partial charge in [-0.25, -0.2) is 4.68 Å². The molecule has 1 N–H and O–H groups in total. The van der Waals surface area contributed by atoms with E-state index in [1.54, 1.807) is 29.0 Å². The number of ketones is 1. The number of aryl methyl sites for hydroxylation is 1. The van der Waals surface area contributed by atoms with Gasteiger partial charge in [-0.1, -0.05) is 29.8 Å². The summed E-state index contributed by atoms with van der Waals surface area (Å²) >= 11 is 7.75. The van der Waals surface area contributed by atoms with Crippen molar-refractivity contribution < 1.29 is 19.4 Å². The van der Waals surface area contributed by atoms with Gasteiger partial charge in [0.25, 0.3) is 0 Å². The number of nitrogens with zero attached hydrogens (tertiary/aromatic N) is 2. The maximum Gasteiger partial charge on any atom is 0.313 e. The summed E-state index contributed by atoms with van der Waals surface area (Å²) in [5.41, 5.74) is 3.45. The van der Waals surface area contributed by atoms with Crippen molar-refractivity contribution in [1.82, 2.24) is 9.78 Å². The van der Waals surface area contributed by atoms with Crippen LogP contribution in [0.25, 0.3) is 11.8 Å². The van der Waals surface area contributed by atoms with Crippen molar-refractivity contribution in [2.75, 3.05) is 12.9 Å². The molecule has 2 aromatic carbocycles. The molecule has 31 heavy (non-hydrogen) atoms. The van der Waals surface area contributed by atoms with Crippen LogP contribution in [0.1, 0.15) is 27.2 Å². The first-order valence-corrected chi connectivity index (χ1v) is 10.9. The van der Waals surface area contributed by atoms with Gasteiger partial charge in [0.2, 0.25) is 0 Å². The molecule has 0 unspecified atom stereocenters. The monoisotopic (exact) mass is 456 g/mol. The second kappa shape index (κ2) is 10.3. The number of benzene rings is 2. The van der Waals surface area contributed by atoms with Crippen molar-refractivity contribution in [3.05, 3.63) is 82.1 Å². The Labute approximate surface area is 189 Å². The van der Waals surface area contributed by atoms with Crippen LogP contribution in [0.4, 0.5) is 0 Å². The quantitative estimate of drug-likeness (QED) is 0.358. The third-order valence-corrected chi connectivity index (χ3v) is 5.83. The molecular formula is C23H21ClN2O4S. The number of para-hydroxylation sites is 1. The Balaban J connectivity index is 1.81. The van der Waals surface area contributed by atoms with Crippen LogP contribution in [0.15, 0.2) is 54.6 Å². The predicted octanol–water partition coefficient (Wildman–Crippen LogP) is 5.06. The van der Waals surface area contributed by atoms with Gasteiger partial charge in [-0.05, 0) is 49.4 Å². The largest absolute Gasteiger partial charge is 0.496 e. The van der Waals surface area contributed by atoms with Crippen molar-refractivity contribution in [2.45, 2.75) is 12.7 Å². The van der Waals surface area contributed by atoms with Gasteiger partial charge in [0, 0.05) is 22.4 Å². The van der Waals surface area contributed by atoms with E-state index < -0.39 is 5.97 Å². The summed E-state index contributed by atoms with van der Waals surface area (Å²) < 4.78 is 6.96. The predicted molar refractivity (Wildman–Crippen MR) is 123 cm³/mol. The van der Waals surface area contributed by atoms with E-state index in [0.29, 0.717) is 33.5 Å². The maximum atomic E-state index is 12.8. The molecule has 0 amide bonds. The molecule has 0 saturated heterocycles. The van der Waals surface area contributed by atoms with E-state index >= 15 is 0 Å². The summed E-state index contributed by atoms with van der Waals surface area (Å²) in [5, 5.41) is 13.7. The SMILES string of the molecule is COc1ccc(C(=O)C=Cc2c(C)nn(-c3ccccc3)c2Cl)cc1CSCC(=O)O. The fourth-order valence-corrected chi connectivity index (χ4v) is 4.05. The lowest BCUT2D eigenvalue weighted by Crippen LogP contribution is -2.01. The first-order valence-electron chi connectivity index (χ1n) is 9.40. The molecular weight excluding hydrogens is 436 g/mol. The zero-order valence-electron chi connectivity index (χ0n) is 17.0. The van der Waals surface area contributed by atoms with Crippen LogP contribution in [0, 0.1) is 6.92 Å². The smallest absolute Gasteiger partial charge is 0.313 e. The van der Waals surface area contributed by atoms with Crippen molar-refractivity contribution in [3.63, 3.8) is 0 Å². The Morgan fingerprint density at radius 1 is 1.23 bits per heavy atom. The Morgan fingerprint density at radius 2 is 1.97 bits per heavy atom. The van der Waals surface area contributed by atoms with Gasteiger partial charge in [-0.2, -0.15) is 5.10 Å². The van der Waals surface area contributed by atoms with Gasteiger partial charge in [-0.15, -0.1) is 11.8 Å². The minimum atomic E-state index is -0.887. The lowest BCUT2D eigenvalue weighted by atomic mass is 10.1. The summed E-state index contributed by atoms with van der Waals surface area (Å²) in [6, 6.07) is 14.6. The molecule has 0 aliphatic heterocycles. The maximum absolute atomic E-state index is 12.8. The van der Waals surface area contributed by atoms with Crippen LogP contribution in [0.3, 0.4) is 0 Å². The van der Waals surface area contributed by atoms with Crippen molar-refractivity contribution >= 4 is 41.2 Å². The first kappa shape index (κ1) is 22.7. The molecule has 0 atom stereocenters. The molecule has 1 heterocycles. The molecule has 0 aliphatic rings. The number of methoxy groups -OCH3 is 1. The molecule has 1 aromatic heterocycles. The highest BCUT2D eigenvalue weighted by atomic mass is 35.5. The van der Waals surface area contributed by atoms with Crippen molar-refractivity contribution in [2.24, 2.45) is 0 Å². The van der Waals surface area contributed by atoms with Crippen LogP contribution in [-0.4, -0.2) is 39.5 Å². The Hall–Kier alpha value is -3.03. The van der Waals surface area contributed by atoms with Gasteiger partial charge in [0.05, 0.1) is 24.2 Å². The number of hydrogen-bond acceptors (Lipinski definition) is 5. The molecule has 0 spiro atoms. The summed E-state index contributed by atoms with van der Waals surface area (Å²) in [7, 11) is 1.54. The summed E-state index contributed by atoms with van der Waals surface area (Å²) in [4.78, 5) is 23.5. The molecule has 0 radical (unpaired) electrons. The topological polar surface area (TPSA) is 81.4 Å². The fourth-order valence-electron chi connectivity index (χ4n) is 2.99. The van der Waals surface area contributed by atoms with E-state index in [1.807, 2.05) is 37.3 Å². The molecule has 3 rings (SSSR count). The number of ether oxygens (including phenoxy) is 1. The number of hydrogen-bond donors (Lipinski definition) is 1. The molecule has 160 valence electrons. The van der Waals surface area contributed by atoms with Crippen LogP contribution < -0.4 is 4.74 Å². The standard InChI is InChI=1S/C23H21ClN2O4S/c1-15-19(23(24)26(25-15)18-6-4-3-5-7-18)9-10-20(27)16-8-11-21(30-2)17(12-16)13-31-14-22(28)29/h3-12H,13-14H2,1-2H3,(H,28,29). The minimum absolute atomic E-state index is 0.0234. The van der Waals surface area contributed by atoms with Crippen LogP contribution in [0.2, 0.25) is 5.15 Å². The molecule has 8 heteroatoms. The van der Waals surface area contributed by atoms with Gasteiger partial charge in [0.15, 0.2) is 5.78 Å². The van der Waals surface area contributed by atoms with Gasteiger partial charge in [0.1, 0.15) is 10.9 Å². The molecule has 0 aliphatic carbocycles. The molecule has 0 fully saturated rings. The van der Waals surface area contributed by atoms with E-state index in [2.05, 4.69) is 5.10 Å². The number of aliphatic carboxylic acids is 1. The Bertz CT molecular complexity index is 1130. The van der Waals surface area contributed by atoms with E-state index in [0.717, 1.165) is 11.3 Å². The number of carbonyl (C=O) groups excluding carboxylic acids is 1. The average molecular weight is 457 g/mol. The van der Waals surface area contributed by atoms with E-state index in [-0.39, 0.29) is 11.5 Å². The normalized spacial score (nSPS) is 11.1. The highest BCUT2D eigenvalue weighted by molar-refractivity contribution is 7.99. The zero-order chi connectivity index (χ0) is 22.4. The van der Waals surface area contributed by atoms with E-state index in [9.17, 15) is 9.59 Å².